The van der Waals surface area contributed by atoms with Crippen LogP contribution in [0, 0.1) is 0 Å². The zero-order chi connectivity index (χ0) is 22.1. The van der Waals surface area contributed by atoms with Crippen LogP contribution in [0.1, 0.15) is 48.1 Å². The van der Waals surface area contributed by atoms with Gasteiger partial charge < -0.3 is 25.2 Å². The van der Waals surface area contributed by atoms with Crippen molar-refractivity contribution in [2.24, 2.45) is 0 Å². The van der Waals surface area contributed by atoms with E-state index in [1.165, 1.54) is 22.3 Å². The molecule has 0 spiro atoms. The highest BCUT2D eigenvalue weighted by atomic mass is 16.5. The Balaban J connectivity index is 1.56. The Morgan fingerprint density at radius 3 is 2.10 bits per heavy atom. The summed E-state index contributed by atoms with van der Waals surface area (Å²) in [7, 11) is 0. The second-order valence-electron chi connectivity index (χ2n) is 8.77. The molecule has 4 rings (SSSR count). The smallest absolute Gasteiger partial charge is 0.113 e. The number of rotatable bonds is 5. The number of aliphatic hydroxyl groups is 4. The van der Waals surface area contributed by atoms with Crippen LogP contribution in [0.3, 0.4) is 0 Å². The third-order valence-corrected chi connectivity index (χ3v) is 6.17. The fraction of sp³-hybridized carbons (Fsp3) is 0.385. The number of fused-ring (bicyclic) bond motifs is 1. The van der Waals surface area contributed by atoms with Gasteiger partial charge in [-0.3, -0.25) is 0 Å². The summed E-state index contributed by atoms with van der Waals surface area (Å²) in [5, 5.41) is 40.0. The molecule has 1 fully saturated rings. The van der Waals surface area contributed by atoms with Crippen molar-refractivity contribution in [3.8, 4) is 11.1 Å². The van der Waals surface area contributed by atoms with Crippen LogP contribution in [0.15, 0.2) is 60.7 Å². The summed E-state index contributed by atoms with van der Waals surface area (Å²) < 4.78 is 5.70. The van der Waals surface area contributed by atoms with Crippen LogP contribution < -0.4 is 0 Å². The average Bonchev–Trinajstić information content (AvgIpc) is 3.02. The first-order valence-electron chi connectivity index (χ1n) is 10.8. The molecule has 0 aromatic heterocycles. The van der Waals surface area contributed by atoms with E-state index in [4.69, 9.17) is 4.74 Å². The quantitative estimate of drug-likeness (QED) is 0.508. The zero-order valence-corrected chi connectivity index (χ0v) is 17.8. The van der Waals surface area contributed by atoms with Crippen LogP contribution >= 0.6 is 0 Å². The third kappa shape index (κ3) is 4.52. The van der Waals surface area contributed by atoms with Crippen molar-refractivity contribution in [2.45, 2.75) is 56.7 Å². The minimum absolute atomic E-state index is 0.433. The number of benzene rings is 1. The minimum Gasteiger partial charge on any atom is -0.394 e. The Morgan fingerprint density at radius 2 is 1.48 bits per heavy atom. The molecule has 2 aliphatic carbocycles. The molecule has 5 atom stereocenters. The Hall–Kier alpha value is -2.28. The Kier molecular flexibility index (Phi) is 6.42. The van der Waals surface area contributed by atoms with Crippen molar-refractivity contribution in [3.63, 3.8) is 0 Å². The number of hydrogen-bond donors (Lipinski definition) is 4. The zero-order valence-electron chi connectivity index (χ0n) is 17.8. The second kappa shape index (κ2) is 9.07. The van der Waals surface area contributed by atoms with Gasteiger partial charge in [0.1, 0.15) is 30.5 Å². The lowest BCUT2D eigenvalue weighted by Gasteiger charge is -2.40. The van der Waals surface area contributed by atoms with Crippen molar-refractivity contribution in [2.75, 3.05) is 6.61 Å². The van der Waals surface area contributed by atoms with E-state index < -0.39 is 37.1 Å². The molecule has 1 aromatic rings. The van der Waals surface area contributed by atoms with Gasteiger partial charge in [-0.2, -0.15) is 0 Å². The van der Waals surface area contributed by atoms with Gasteiger partial charge in [0, 0.05) is 0 Å². The highest BCUT2D eigenvalue weighted by molar-refractivity contribution is 5.68. The molecule has 0 saturated carbocycles. The lowest BCUT2D eigenvalue weighted by atomic mass is 9.90. The van der Waals surface area contributed by atoms with Gasteiger partial charge in [0.2, 0.25) is 0 Å². The molecule has 1 aromatic carbocycles. The molecule has 0 amide bonds. The summed E-state index contributed by atoms with van der Waals surface area (Å²) in [6.45, 7) is 3.94. The van der Waals surface area contributed by atoms with Crippen LogP contribution in [0.2, 0.25) is 0 Å². The van der Waals surface area contributed by atoms with Crippen molar-refractivity contribution in [3.05, 3.63) is 82.9 Å². The van der Waals surface area contributed by atoms with E-state index in [1.54, 1.807) is 0 Å². The lowest BCUT2D eigenvalue weighted by molar-refractivity contribution is -0.231. The van der Waals surface area contributed by atoms with Crippen molar-refractivity contribution >= 4 is 0 Å². The summed E-state index contributed by atoms with van der Waals surface area (Å²) in [6, 6.07) is 20.8. The maximum Gasteiger partial charge on any atom is 0.113 e. The molecule has 0 radical (unpaired) electrons. The summed E-state index contributed by atoms with van der Waals surface area (Å²) in [6.07, 6.45) is -5.01. The summed E-state index contributed by atoms with van der Waals surface area (Å²) in [5.41, 5.74) is 6.66. The molecule has 31 heavy (non-hydrogen) atoms. The third-order valence-electron chi connectivity index (χ3n) is 6.17. The van der Waals surface area contributed by atoms with Crippen LogP contribution in [-0.4, -0.2) is 51.4 Å². The molecule has 0 unspecified atom stereocenters. The molecule has 0 bridgehead atoms. The standard InChI is InChI=1S/C26H30O5/c1-15(2)18-6-8-19-12-17(13-20(19)9-7-18)10-16-4-3-5-21(11-16)26-25(30)24(29)23(28)22(14-27)31-26/h3-9,11-13,15,22-30H,10,14H2,1-2H3/t22-,23-,24+,25-,26+/m1/s1. The first kappa shape index (κ1) is 21.9. The Morgan fingerprint density at radius 1 is 0.806 bits per heavy atom. The first-order valence-corrected chi connectivity index (χ1v) is 10.8. The molecule has 3 aliphatic rings. The molecular weight excluding hydrogens is 392 g/mol. The van der Waals surface area contributed by atoms with Gasteiger partial charge in [-0.05, 0) is 45.7 Å². The fourth-order valence-corrected chi connectivity index (χ4v) is 4.30. The van der Waals surface area contributed by atoms with Crippen molar-refractivity contribution in [1.82, 2.24) is 0 Å². The van der Waals surface area contributed by atoms with E-state index in [1.807, 2.05) is 24.3 Å². The minimum atomic E-state index is -1.38. The molecule has 5 nitrogen and oxygen atoms in total. The van der Waals surface area contributed by atoms with Crippen LogP contribution in [0.25, 0.3) is 11.1 Å². The molecule has 1 aliphatic heterocycles. The predicted octanol–water partition coefficient (Wildman–Crippen LogP) is 3.02. The van der Waals surface area contributed by atoms with Gasteiger partial charge in [-0.1, -0.05) is 74.5 Å². The monoisotopic (exact) mass is 422 g/mol. The van der Waals surface area contributed by atoms with Crippen LogP contribution in [0.5, 0.6) is 0 Å². The normalized spacial score (nSPS) is 26.5. The summed E-state index contributed by atoms with van der Waals surface area (Å²) >= 11 is 0. The van der Waals surface area contributed by atoms with Crippen molar-refractivity contribution < 1.29 is 25.2 Å². The first-order chi connectivity index (χ1) is 14.9. The summed E-state index contributed by atoms with van der Waals surface area (Å²) in [4.78, 5) is 0. The SMILES string of the molecule is CC(C)c1ccc2cc(Cc3cccc([C@@H]4O[C@H](CO)[C@@H](O)[C@H](O)[C@H]4O)c3)cc-2cc1. The topological polar surface area (TPSA) is 90.2 Å². The van der Waals surface area contributed by atoms with E-state index in [9.17, 15) is 20.4 Å². The number of hydrogen-bond acceptors (Lipinski definition) is 5. The van der Waals surface area contributed by atoms with Gasteiger partial charge in [-0.15, -0.1) is 0 Å². The van der Waals surface area contributed by atoms with Gasteiger partial charge in [-0.25, -0.2) is 0 Å². The van der Waals surface area contributed by atoms with Gasteiger partial charge in [0.25, 0.3) is 0 Å². The van der Waals surface area contributed by atoms with E-state index in [-0.39, 0.29) is 0 Å². The molecule has 5 heteroatoms. The van der Waals surface area contributed by atoms with E-state index in [2.05, 4.69) is 50.2 Å². The molecule has 1 saturated heterocycles. The van der Waals surface area contributed by atoms with E-state index in [0.717, 1.165) is 12.0 Å². The fourth-order valence-electron chi connectivity index (χ4n) is 4.30. The largest absolute Gasteiger partial charge is 0.394 e. The van der Waals surface area contributed by atoms with Gasteiger partial charge in [0.15, 0.2) is 0 Å². The highest BCUT2D eigenvalue weighted by Crippen LogP contribution is 2.33. The van der Waals surface area contributed by atoms with E-state index in [0.29, 0.717) is 11.5 Å². The van der Waals surface area contributed by atoms with Gasteiger partial charge >= 0.3 is 0 Å². The second-order valence-corrected chi connectivity index (χ2v) is 8.77. The highest BCUT2D eigenvalue weighted by Gasteiger charge is 2.43. The van der Waals surface area contributed by atoms with Crippen LogP contribution in [-0.2, 0) is 11.2 Å². The van der Waals surface area contributed by atoms with Crippen LogP contribution in [0.4, 0.5) is 0 Å². The van der Waals surface area contributed by atoms with Crippen molar-refractivity contribution in [1.29, 1.82) is 0 Å². The maximum atomic E-state index is 10.4. The number of aliphatic hydroxyl groups excluding tert-OH is 4. The molecule has 4 N–H and O–H groups in total. The average molecular weight is 423 g/mol. The van der Waals surface area contributed by atoms with E-state index >= 15 is 0 Å². The molecule has 1 heterocycles. The maximum absolute atomic E-state index is 10.4. The van der Waals surface area contributed by atoms with Gasteiger partial charge in [0.05, 0.1) is 6.61 Å². The molecule has 164 valence electrons. The Bertz CT molecular complexity index is 965. The molecular formula is C26H30O5. The number of ether oxygens (including phenoxy) is 1. The predicted molar refractivity (Wildman–Crippen MR) is 119 cm³/mol. The summed E-state index contributed by atoms with van der Waals surface area (Å²) in [5.74, 6) is 0.487. The lowest BCUT2D eigenvalue weighted by Crippen LogP contribution is -2.55. The Labute approximate surface area is 182 Å².